The first-order valence-corrected chi connectivity index (χ1v) is 13.6. The first-order chi connectivity index (χ1) is 18.9. The van der Waals surface area contributed by atoms with E-state index in [0.717, 1.165) is 12.8 Å². The molecule has 12 nitrogen and oxygen atoms in total. The number of amides is 3. The van der Waals surface area contributed by atoms with E-state index in [4.69, 9.17) is 9.47 Å². The van der Waals surface area contributed by atoms with Crippen molar-refractivity contribution in [1.82, 2.24) is 13.8 Å². The molecule has 2 N–H and O–H groups in total. The van der Waals surface area contributed by atoms with Gasteiger partial charge in [-0.2, -0.15) is 0 Å². The second-order valence-corrected chi connectivity index (χ2v) is 10.3. The van der Waals surface area contributed by atoms with Crippen LogP contribution in [0.25, 0.3) is 0 Å². The molecule has 3 amide bonds. The summed E-state index contributed by atoms with van der Waals surface area (Å²) in [5.74, 6) is 2.44. The highest BCUT2D eigenvalue weighted by atomic mass is 31.0. The number of carbonyl (C=O) groups excluding carboxylic acids is 4. The van der Waals surface area contributed by atoms with E-state index >= 15 is 0 Å². The summed E-state index contributed by atoms with van der Waals surface area (Å²) in [7, 11) is 3.44. The quantitative estimate of drug-likeness (QED) is 0.293. The van der Waals surface area contributed by atoms with Crippen molar-refractivity contribution < 1.29 is 28.7 Å². The average Bonchev–Trinajstić information content (AvgIpc) is 3.50. The molecule has 1 fully saturated rings. The molecular formula is C26H29N6O6P. The highest BCUT2D eigenvalue weighted by Crippen LogP contribution is 2.38. The summed E-state index contributed by atoms with van der Waals surface area (Å²) >= 11 is 0. The Morgan fingerprint density at radius 2 is 2.08 bits per heavy atom. The molecule has 204 valence electrons. The van der Waals surface area contributed by atoms with Crippen molar-refractivity contribution in [3.05, 3.63) is 41.5 Å². The number of hydrogen-bond acceptors (Lipinski definition) is 7. The van der Waals surface area contributed by atoms with Crippen LogP contribution in [-0.2, 0) is 16.6 Å². The normalized spacial score (nSPS) is 16.1. The van der Waals surface area contributed by atoms with E-state index in [1.807, 2.05) is 11.1 Å². The Kier molecular flexibility index (Phi) is 7.56. The van der Waals surface area contributed by atoms with Crippen LogP contribution in [0.4, 0.5) is 17.2 Å². The number of fused-ring (bicyclic) bond motifs is 2. The molecule has 1 saturated heterocycles. The van der Waals surface area contributed by atoms with Gasteiger partial charge in [-0.05, 0) is 31.4 Å². The first-order valence-electron chi connectivity index (χ1n) is 12.6. The molecule has 1 aromatic carbocycles. The van der Waals surface area contributed by atoms with Crippen molar-refractivity contribution in [2.75, 3.05) is 30.9 Å². The predicted octanol–water partition coefficient (Wildman–Crippen LogP) is 3.28. The van der Waals surface area contributed by atoms with E-state index in [1.54, 1.807) is 41.8 Å². The molecule has 4 heterocycles. The largest absolute Gasteiger partial charge is 0.493 e. The zero-order valence-corrected chi connectivity index (χ0v) is 22.6. The molecule has 0 aliphatic carbocycles. The smallest absolute Gasteiger partial charge is 0.273 e. The maximum atomic E-state index is 13.0. The molecule has 2 unspecified atom stereocenters. The number of carbonyl (C=O) groups is 4. The van der Waals surface area contributed by atoms with Crippen LogP contribution in [0.1, 0.15) is 46.5 Å². The molecule has 2 aromatic heterocycles. The predicted molar refractivity (Wildman–Crippen MR) is 148 cm³/mol. The Labute approximate surface area is 226 Å². The molecule has 39 heavy (non-hydrogen) atoms. The molecule has 2 aliphatic heterocycles. The van der Waals surface area contributed by atoms with Gasteiger partial charge < -0.3 is 29.6 Å². The molecule has 0 radical (unpaired) electrons. The maximum Gasteiger partial charge on any atom is 0.273 e. The van der Waals surface area contributed by atoms with Crippen LogP contribution in [0.15, 0.2) is 35.2 Å². The van der Waals surface area contributed by atoms with Crippen LogP contribution in [0.2, 0.25) is 0 Å². The summed E-state index contributed by atoms with van der Waals surface area (Å²) in [6, 6.07) is 4.96. The van der Waals surface area contributed by atoms with E-state index < -0.39 is 0 Å². The van der Waals surface area contributed by atoms with E-state index in [-0.39, 0.29) is 45.1 Å². The number of nitrogens with zero attached hydrogens (tertiary/aromatic N) is 4. The highest BCUT2D eigenvalue weighted by molar-refractivity contribution is 7.27. The van der Waals surface area contributed by atoms with Gasteiger partial charge in [-0.15, -0.1) is 0 Å². The van der Waals surface area contributed by atoms with Crippen LogP contribution in [0.5, 0.6) is 11.5 Å². The lowest BCUT2D eigenvalue weighted by atomic mass is 10.1. The zero-order chi connectivity index (χ0) is 27.5. The number of benzene rings is 1. The van der Waals surface area contributed by atoms with E-state index in [2.05, 4.69) is 15.6 Å². The van der Waals surface area contributed by atoms with E-state index in [0.29, 0.717) is 59.3 Å². The van der Waals surface area contributed by atoms with Crippen LogP contribution >= 0.6 is 8.35 Å². The van der Waals surface area contributed by atoms with Crippen molar-refractivity contribution >= 4 is 55.9 Å². The van der Waals surface area contributed by atoms with Crippen molar-refractivity contribution in [2.24, 2.45) is 12.0 Å². The topological polar surface area (TPSA) is 136 Å². The third kappa shape index (κ3) is 5.46. The number of rotatable bonds is 10. The second-order valence-electron chi connectivity index (χ2n) is 9.32. The number of methoxy groups -OCH3 is 1. The third-order valence-electron chi connectivity index (χ3n) is 6.73. The summed E-state index contributed by atoms with van der Waals surface area (Å²) in [5, 5.41) is 5.47. The molecule has 0 spiro atoms. The lowest BCUT2D eigenvalue weighted by Gasteiger charge is -2.20. The molecule has 3 aromatic rings. The van der Waals surface area contributed by atoms with Crippen LogP contribution in [0, 0.1) is 0 Å². The number of aromatic nitrogens is 2. The Hall–Kier alpha value is -4.31. The Morgan fingerprint density at radius 1 is 1.23 bits per heavy atom. The minimum absolute atomic E-state index is 0.0159. The molecule has 0 saturated carbocycles. The van der Waals surface area contributed by atoms with Crippen LogP contribution in [0.3, 0.4) is 0 Å². The minimum Gasteiger partial charge on any atom is -0.493 e. The molecule has 5 rings (SSSR count). The summed E-state index contributed by atoms with van der Waals surface area (Å²) < 4.78 is 14.4. The number of aryl methyl sites for hydroxylation is 1. The Morgan fingerprint density at radius 3 is 2.82 bits per heavy atom. The van der Waals surface area contributed by atoms with Crippen molar-refractivity contribution in [1.29, 1.82) is 0 Å². The maximum absolute atomic E-state index is 13.0. The minimum atomic E-state index is -0.380. The lowest BCUT2D eigenvalue weighted by molar-refractivity contribution is -0.116. The van der Waals surface area contributed by atoms with Crippen molar-refractivity contribution in [3.8, 4) is 11.5 Å². The van der Waals surface area contributed by atoms with Crippen molar-refractivity contribution in [2.45, 2.75) is 31.7 Å². The SMILES string of the molecule is COc1cc2c(cc1OCCCC(=O)Nc1cc(C(=O)Nc3c[pH]n3C=O)n(C)c1)N=CC1CCCN1C2=O. The van der Waals surface area contributed by atoms with Gasteiger partial charge in [-0.25, -0.2) is 0 Å². The Bertz CT molecular complexity index is 1450. The van der Waals surface area contributed by atoms with Gasteiger partial charge in [0.25, 0.3) is 11.8 Å². The Balaban J connectivity index is 1.14. The number of nitrogens with one attached hydrogen (secondary N) is 2. The lowest BCUT2D eigenvalue weighted by Crippen LogP contribution is -2.35. The average molecular weight is 553 g/mol. The van der Waals surface area contributed by atoms with Gasteiger partial charge in [0.05, 0.1) is 36.7 Å². The third-order valence-corrected chi connectivity index (χ3v) is 7.76. The van der Waals surface area contributed by atoms with Gasteiger partial charge in [-0.3, -0.25) is 28.5 Å². The number of hydrogen-bond donors (Lipinski definition) is 2. The number of aliphatic imine (C=N–C) groups is 1. The van der Waals surface area contributed by atoms with Crippen molar-refractivity contribution in [3.63, 3.8) is 0 Å². The molecule has 2 atom stereocenters. The molecular weight excluding hydrogens is 523 g/mol. The standard InChI is InChI=1S/C26H29N6O6P/c1-30-13-16(9-20(30)25(35)29-23-14-39-32(23)15-33)28-24(34)6-4-8-38-22-11-19-18(10-21(22)37-2)26(36)31-7-3-5-17(31)12-27-19/h9-15,17,39H,3-8H2,1-2H3,(H,28,34)(H,29,35). The van der Waals surface area contributed by atoms with Gasteiger partial charge in [-0.1, -0.05) is 8.35 Å². The van der Waals surface area contributed by atoms with E-state index in [9.17, 15) is 19.2 Å². The summed E-state index contributed by atoms with van der Waals surface area (Å²) in [5.41, 5.74) is 1.86. The van der Waals surface area contributed by atoms with Gasteiger partial charge in [0.2, 0.25) is 12.3 Å². The summed E-state index contributed by atoms with van der Waals surface area (Å²) in [4.78, 5) is 55.3. The van der Waals surface area contributed by atoms with Gasteiger partial charge in [0.1, 0.15) is 11.5 Å². The number of ether oxygens (including phenoxy) is 2. The fraction of sp³-hybridized carbons (Fsp3) is 0.346. The van der Waals surface area contributed by atoms with Gasteiger partial charge >= 0.3 is 0 Å². The van der Waals surface area contributed by atoms with Crippen LogP contribution < -0.4 is 20.1 Å². The van der Waals surface area contributed by atoms with Gasteiger partial charge in [0, 0.05) is 44.3 Å². The highest BCUT2D eigenvalue weighted by Gasteiger charge is 2.32. The number of anilines is 2. The fourth-order valence-corrected chi connectivity index (χ4v) is 5.28. The molecule has 13 heteroatoms. The van der Waals surface area contributed by atoms with E-state index in [1.165, 1.54) is 11.4 Å². The molecule has 2 aliphatic rings. The first kappa shape index (κ1) is 26.3. The zero-order valence-electron chi connectivity index (χ0n) is 21.6. The van der Waals surface area contributed by atoms with Gasteiger partial charge in [0.15, 0.2) is 11.5 Å². The fourth-order valence-electron chi connectivity index (χ4n) is 4.68. The second kappa shape index (κ2) is 11.2. The molecule has 0 bridgehead atoms. The summed E-state index contributed by atoms with van der Waals surface area (Å²) in [6.07, 6.45) is 6.62. The monoisotopic (exact) mass is 552 g/mol. The summed E-state index contributed by atoms with van der Waals surface area (Å²) in [6.45, 7) is 0.966. The van der Waals surface area contributed by atoms with Crippen LogP contribution in [-0.4, -0.2) is 70.4 Å².